The molecular weight excluding hydrogens is 172 g/mol. The van der Waals surface area contributed by atoms with Gasteiger partial charge in [-0.15, -0.1) is 0 Å². The molecule has 0 saturated heterocycles. The highest BCUT2D eigenvalue weighted by Gasteiger charge is 1.98. The molecule has 2 nitrogen and oxygen atoms in total. The highest BCUT2D eigenvalue weighted by Crippen LogP contribution is 2.13. The molecule has 0 aliphatic rings. The summed E-state index contributed by atoms with van der Waals surface area (Å²) < 4.78 is 0. The van der Waals surface area contributed by atoms with Crippen molar-refractivity contribution < 1.29 is 0 Å². The molecule has 1 rings (SSSR count). The Morgan fingerprint density at radius 1 is 1.21 bits per heavy atom. The number of likely N-dealkylation sites (N-methyl/N-ethyl adjacent to an activating group) is 2. The lowest BCUT2D eigenvalue weighted by Gasteiger charge is -2.19. The van der Waals surface area contributed by atoms with Crippen LogP contribution in [0.25, 0.3) is 0 Å². The molecule has 1 aromatic rings. The Balaban J connectivity index is 2.57. The fourth-order valence-corrected chi connectivity index (χ4v) is 1.39. The third kappa shape index (κ3) is 3.04. The molecule has 0 aliphatic carbocycles. The van der Waals surface area contributed by atoms with E-state index in [2.05, 4.69) is 48.5 Å². The molecule has 0 radical (unpaired) electrons. The number of aryl methyl sites for hydroxylation is 1. The van der Waals surface area contributed by atoms with Gasteiger partial charge < -0.3 is 10.2 Å². The van der Waals surface area contributed by atoms with Gasteiger partial charge in [-0.25, -0.2) is 0 Å². The molecule has 0 saturated carbocycles. The fraction of sp³-hybridized carbons (Fsp3) is 0.500. The maximum absolute atomic E-state index is 3.15. The topological polar surface area (TPSA) is 15.3 Å². The Hall–Kier alpha value is -1.02. The number of nitrogens with one attached hydrogen (secondary N) is 1. The van der Waals surface area contributed by atoms with Crippen molar-refractivity contribution in [3.8, 4) is 0 Å². The first-order valence-electron chi connectivity index (χ1n) is 5.22. The first-order chi connectivity index (χ1) is 6.77. The smallest absolute Gasteiger partial charge is 0.0364 e. The SMILES string of the molecule is CCc1ccc(N(C)CCNC)cc1. The van der Waals surface area contributed by atoms with Gasteiger partial charge in [0.1, 0.15) is 0 Å². The number of hydrogen-bond donors (Lipinski definition) is 1. The van der Waals surface area contributed by atoms with Crippen molar-refractivity contribution in [2.75, 3.05) is 32.1 Å². The number of hydrogen-bond acceptors (Lipinski definition) is 2. The van der Waals surface area contributed by atoms with E-state index in [0.717, 1.165) is 19.5 Å². The number of nitrogens with zero attached hydrogens (tertiary/aromatic N) is 1. The van der Waals surface area contributed by atoms with Crippen LogP contribution >= 0.6 is 0 Å². The minimum atomic E-state index is 1.02. The Bertz CT molecular complexity index is 254. The van der Waals surface area contributed by atoms with Crippen molar-refractivity contribution >= 4 is 5.69 Å². The van der Waals surface area contributed by atoms with Gasteiger partial charge in [0.05, 0.1) is 0 Å². The van der Waals surface area contributed by atoms with Crippen LogP contribution in [-0.2, 0) is 6.42 Å². The maximum atomic E-state index is 3.15. The molecule has 0 aliphatic heterocycles. The second-order valence-corrected chi connectivity index (χ2v) is 3.55. The van der Waals surface area contributed by atoms with E-state index in [4.69, 9.17) is 0 Å². The lowest BCUT2D eigenvalue weighted by atomic mass is 10.1. The minimum absolute atomic E-state index is 1.02. The molecule has 0 bridgehead atoms. The van der Waals surface area contributed by atoms with E-state index < -0.39 is 0 Å². The third-order valence-electron chi connectivity index (χ3n) is 2.48. The van der Waals surface area contributed by atoms with E-state index in [1.165, 1.54) is 11.3 Å². The molecule has 78 valence electrons. The first-order valence-corrected chi connectivity index (χ1v) is 5.22. The molecule has 0 amide bonds. The van der Waals surface area contributed by atoms with Gasteiger partial charge in [-0.1, -0.05) is 19.1 Å². The lowest BCUT2D eigenvalue weighted by molar-refractivity contribution is 0.768. The molecule has 14 heavy (non-hydrogen) atoms. The average molecular weight is 192 g/mol. The zero-order chi connectivity index (χ0) is 10.4. The van der Waals surface area contributed by atoms with Crippen molar-refractivity contribution in [1.29, 1.82) is 0 Å². The van der Waals surface area contributed by atoms with Gasteiger partial charge in [-0.3, -0.25) is 0 Å². The van der Waals surface area contributed by atoms with Crippen LogP contribution in [0, 0.1) is 0 Å². The standard InChI is InChI=1S/C12H20N2/c1-4-11-5-7-12(8-6-11)14(3)10-9-13-2/h5-8,13H,4,9-10H2,1-3H3. The van der Waals surface area contributed by atoms with Crippen molar-refractivity contribution in [2.24, 2.45) is 0 Å². The fourth-order valence-electron chi connectivity index (χ4n) is 1.39. The highest BCUT2D eigenvalue weighted by atomic mass is 15.1. The quantitative estimate of drug-likeness (QED) is 0.766. The van der Waals surface area contributed by atoms with Gasteiger partial charge in [0, 0.05) is 25.8 Å². The zero-order valence-corrected chi connectivity index (χ0v) is 9.38. The summed E-state index contributed by atoms with van der Waals surface area (Å²) in [5.41, 5.74) is 2.69. The van der Waals surface area contributed by atoms with Crippen LogP contribution in [0.3, 0.4) is 0 Å². The summed E-state index contributed by atoms with van der Waals surface area (Å²) >= 11 is 0. The Morgan fingerprint density at radius 3 is 2.36 bits per heavy atom. The summed E-state index contributed by atoms with van der Waals surface area (Å²) in [7, 11) is 4.10. The summed E-state index contributed by atoms with van der Waals surface area (Å²) in [6, 6.07) is 8.78. The molecule has 0 fully saturated rings. The molecule has 0 unspecified atom stereocenters. The molecule has 0 spiro atoms. The number of rotatable bonds is 5. The summed E-state index contributed by atoms with van der Waals surface area (Å²) in [6.45, 7) is 4.24. The van der Waals surface area contributed by atoms with Crippen LogP contribution < -0.4 is 10.2 Å². The van der Waals surface area contributed by atoms with E-state index in [1.54, 1.807) is 0 Å². The molecule has 0 aromatic heterocycles. The van der Waals surface area contributed by atoms with Crippen LogP contribution in [0.2, 0.25) is 0 Å². The number of benzene rings is 1. The van der Waals surface area contributed by atoms with Gasteiger partial charge in [0.15, 0.2) is 0 Å². The van der Waals surface area contributed by atoms with Crippen LogP contribution in [0.1, 0.15) is 12.5 Å². The molecule has 0 atom stereocenters. The minimum Gasteiger partial charge on any atom is -0.373 e. The third-order valence-corrected chi connectivity index (χ3v) is 2.48. The summed E-state index contributed by atoms with van der Waals surface area (Å²) in [5, 5.41) is 3.15. The van der Waals surface area contributed by atoms with Gasteiger partial charge in [-0.05, 0) is 31.2 Å². The van der Waals surface area contributed by atoms with Crippen molar-refractivity contribution in [3.63, 3.8) is 0 Å². The van der Waals surface area contributed by atoms with Gasteiger partial charge >= 0.3 is 0 Å². The number of anilines is 1. The van der Waals surface area contributed by atoms with Gasteiger partial charge in [0.25, 0.3) is 0 Å². The Kier molecular flexibility index (Phi) is 4.47. The summed E-state index contributed by atoms with van der Waals surface area (Å²) in [4.78, 5) is 2.26. The van der Waals surface area contributed by atoms with E-state index in [0.29, 0.717) is 0 Å². The molecule has 2 heteroatoms. The monoisotopic (exact) mass is 192 g/mol. The molecule has 1 aromatic carbocycles. The van der Waals surface area contributed by atoms with E-state index >= 15 is 0 Å². The normalized spacial score (nSPS) is 10.2. The molecule has 1 N–H and O–H groups in total. The van der Waals surface area contributed by atoms with Crippen LogP contribution in [0.4, 0.5) is 5.69 Å². The second-order valence-electron chi connectivity index (χ2n) is 3.55. The van der Waals surface area contributed by atoms with Crippen LogP contribution in [0.5, 0.6) is 0 Å². The van der Waals surface area contributed by atoms with E-state index in [-0.39, 0.29) is 0 Å². The van der Waals surface area contributed by atoms with Crippen LogP contribution in [-0.4, -0.2) is 27.2 Å². The van der Waals surface area contributed by atoms with E-state index in [9.17, 15) is 0 Å². The largest absolute Gasteiger partial charge is 0.373 e. The Labute approximate surface area is 86.9 Å². The first kappa shape index (κ1) is 11.1. The molecule has 0 heterocycles. The maximum Gasteiger partial charge on any atom is 0.0364 e. The lowest BCUT2D eigenvalue weighted by Crippen LogP contribution is -2.26. The Morgan fingerprint density at radius 2 is 1.86 bits per heavy atom. The highest BCUT2D eigenvalue weighted by molar-refractivity contribution is 5.46. The van der Waals surface area contributed by atoms with Crippen molar-refractivity contribution in [1.82, 2.24) is 5.32 Å². The second kappa shape index (κ2) is 5.66. The zero-order valence-electron chi connectivity index (χ0n) is 9.38. The average Bonchev–Trinajstić information content (AvgIpc) is 2.26. The van der Waals surface area contributed by atoms with E-state index in [1.807, 2.05) is 7.05 Å². The predicted molar refractivity (Wildman–Crippen MR) is 63.0 cm³/mol. The van der Waals surface area contributed by atoms with Crippen molar-refractivity contribution in [3.05, 3.63) is 29.8 Å². The van der Waals surface area contributed by atoms with Gasteiger partial charge in [0.2, 0.25) is 0 Å². The summed E-state index contributed by atoms with van der Waals surface area (Å²) in [5.74, 6) is 0. The summed E-state index contributed by atoms with van der Waals surface area (Å²) in [6.07, 6.45) is 1.11. The van der Waals surface area contributed by atoms with Crippen molar-refractivity contribution in [2.45, 2.75) is 13.3 Å². The van der Waals surface area contributed by atoms with Crippen LogP contribution in [0.15, 0.2) is 24.3 Å². The van der Waals surface area contributed by atoms with Gasteiger partial charge in [-0.2, -0.15) is 0 Å². The predicted octanol–water partition coefficient (Wildman–Crippen LogP) is 1.90. The molecular formula is C12H20N2.